The summed E-state index contributed by atoms with van der Waals surface area (Å²) in [6.45, 7) is 5.20. The molecule has 0 aliphatic carbocycles. The molecule has 0 aromatic carbocycles. The van der Waals surface area contributed by atoms with Crippen molar-refractivity contribution in [3.05, 3.63) is 17.5 Å². The van der Waals surface area contributed by atoms with E-state index in [-0.39, 0.29) is 17.9 Å². The molecule has 1 aliphatic rings. The number of aryl methyl sites for hydroxylation is 1. The topological polar surface area (TPSA) is 78.1 Å². The Balaban J connectivity index is 1.84. The largest absolute Gasteiger partial charge is 0.353 e. The SMILES string of the molecule is CCCC(=O)NC1CCN(C(=O)c2cn[nH]c2C)CC1. The molecule has 2 rings (SSSR count). The molecule has 1 fully saturated rings. The molecule has 6 nitrogen and oxygen atoms in total. The average molecular weight is 278 g/mol. The molecule has 6 heteroatoms. The van der Waals surface area contributed by atoms with Crippen molar-refractivity contribution in [1.82, 2.24) is 20.4 Å². The Kier molecular flexibility index (Phi) is 4.76. The number of nitrogens with zero attached hydrogens (tertiary/aromatic N) is 2. The summed E-state index contributed by atoms with van der Waals surface area (Å²) in [5, 5.41) is 9.70. The van der Waals surface area contributed by atoms with Crippen molar-refractivity contribution in [3.63, 3.8) is 0 Å². The van der Waals surface area contributed by atoms with Crippen LogP contribution in [-0.4, -0.2) is 46.0 Å². The summed E-state index contributed by atoms with van der Waals surface area (Å²) < 4.78 is 0. The lowest BCUT2D eigenvalue weighted by Crippen LogP contribution is -2.46. The Bertz CT molecular complexity index is 475. The van der Waals surface area contributed by atoms with Crippen LogP contribution in [0.2, 0.25) is 0 Å². The van der Waals surface area contributed by atoms with Crippen LogP contribution in [0.4, 0.5) is 0 Å². The normalized spacial score (nSPS) is 16.2. The van der Waals surface area contributed by atoms with Gasteiger partial charge in [-0.25, -0.2) is 0 Å². The molecule has 0 spiro atoms. The second kappa shape index (κ2) is 6.54. The predicted octanol–water partition coefficient (Wildman–Crippen LogP) is 1.24. The first-order valence-corrected chi connectivity index (χ1v) is 7.20. The van der Waals surface area contributed by atoms with Crippen LogP contribution in [0.5, 0.6) is 0 Å². The highest BCUT2D eigenvalue weighted by molar-refractivity contribution is 5.95. The van der Waals surface area contributed by atoms with Crippen LogP contribution >= 0.6 is 0 Å². The number of amides is 2. The monoisotopic (exact) mass is 278 g/mol. The summed E-state index contributed by atoms with van der Waals surface area (Å²) in [6.07, 6.45) is 4.65. The van der Waals surface area contributed by atoms with Gasteiger partial charge in [-0.15, -0.1) is 0 Å². The van der Waals surface area contributed by atoms with Crippen molar-refractivity contribution in [1.29, 1.82) is 0 Å². The van der Waals surface area contributed by atoms with Gasteiger partial charge in [-0.2, -0.15) is 5.10 Å². The number of likely N-dealkylation sites (tertiary alicyclic amines) is 1. The molecule has 0 unspecified atom stereocenters. The third-order valence-electron chi connectivity index (χ3n) is 3.68. The van der Waals surface area contributed by atoms with Gasteiger partial charge < -0.3 is 10.2 Å². The van der Waals surface area contributed by atoms with E-state index < -0.39 is 0 Å². The van der Waals surface area contributed by atoms with E-state index in [1.165, 1.54) is 0 Å². The first-order chi connectivity index (χ1) is 9.61. The van der Waals surface area contributed by atoms with Gasteiger partial charge in [-0.3, -0.25) is 14.7 Å². The summed E-state index contributed by atoms with van der Waals surface area (Å²) in [4.78, 5) is 25.7. The van der Waals surface area contributed by atoms with Crippen LogP contribution in [0.15, 0.2) is 6.20 Å². The summed E-state index contributed by atoms with van der Waals surface area (Å²) in [6, 6.07) is 0.198. The van der Waals surface area contributed by atoms with Crippen LogP contribution in [0.3, 0.4) is 0 Å². The summed E-state index contributed by atoms with van der Waals surface area (Å²) in [7, 11) is 0. The third-order valence-corrected chi connectivity index (χ3v) is 3.68. The molecule has 1 aliphatic heterocycles. The molecule has 2 amide bonds. The van der Waals surface area contributed by atoms with Gasteiger partial charge in [0.2, 0.25) is 5.91 Å². The standard InChI is InChI=1S/C14H22N4O2/c1-3-4-13(19)16-11-5-7-18(8-6-11)14(20)12-9-15-17-10(12)2/h9,11H,3-8H2,1-2H3,(H,15,17)(H,16,19). The summed E-state index contributed by atoms with van der Waals surface area (Å²) in [5.74, 6) is 0.137. The second-order valence-corrected chi connectivity index (χ2v) is 5.29. The van der Waals surface area contributed by atoms with Gasteiger partial charge in [0.15, 0.2) is 0 Å². The zero-order valence-corrected chi connectivity index (χ0v) is 12.1. The van der Waals surface area contributed by atoms with E-state index in [1.807, 2.05) is 18.7 Å². The summed E-state index contributed by atoms with van der Waals surface area (Å²) >= 11 is 0. The fraction of sp³-hybridized carbons (Fsp3) is 0.643. The molecule has 1 aromatic rings. The molecule has 110 valence electrons. The number of aromatic nitrogens is 2. The van der Waals surface area contributed by atoms with E-state index in [1.54, 1.807) is 6.20 Å². The Morgan fingerprint density at radius 1 is 1.45 bits per heavy atom. The van der Waals surface area contributed by atoms with Crippen molar-refractivity contribution in [3.8, 4) is 0 Å². The summed E-state index contributed by atoms with van der Waals surface area (Å²) in [5.41, 5.74) is 1.44. The molecule has 2 heterocycles. The number of aromatic amines is 1. The number of nitrogens with one attached hydrogen (secondary N) is 2. The number of piperidine rings is 1. The molecule has 0 atom stereocenters. The molecule has 1 saturated heterocycles. The van der Waals surface area contributed by atoms with Crippen molar-refractivity contribution in [2.75, 3.05) is 13.1 Å². The molecule has 1 aromatic heterocycles. The number of carbonyl (C=O) groups excluding carboxylic acids is 2. The van der Waals surface area contributed by atoms with E-state index in [0.29, 0.717) is 25.1 Å². The minimum absolute atomic E-state index is 0.0228. The van der Waals surface area contributed by atoms with Gasteiger partial charge in [0.05, 0.1) is 11.8 Å². The van der Waals surface area contributed by atoms with Gasteiger partial charge in [-0.05, 0) is 26.2 Å². The van der Waals surface area contributed by atoms with Gasteiger partial charge in [0.1, 0.15) is 0 Å². The number of carbonyl (C=O) groups is 2. The molecular formula is C14H22N4O2. The maximum atomic E-state index is 12.3. The fourth-order valence-corrected chi connectivity index (χ4v) is 2.49. The highest BCUT2D eigenvalue weighted by Crippen LogP contribution is 2.15. The fourth-order valence-electron chi connectivity index (χ4n) is 2.49. The lowest BCUT2D eigenvalue weighted by Gasteiger charge is -2.32. The van der Waals surface area contributed by atoms with Gasteiger partial charge in [0, 0.05) is 31.2 Å². The Morgan fingerprint density at radius 3 is 2.70 bits per heavy atom. The first-order valence-electron chi connectivity index (χ1n) is 7.20. The number of rotatable bonds is 4. The minimum Gasteiger partial charge on any atom is -0.353 e. The van der Waals surface area contributed by atoms with Crippen LogP contribution in [0.25, 0.3) is 0 Å². The second-order valence-electron chi connectivity index (χ2n) is 5.29. The quantitative estimate of drug-likeness (QED) is 0.869. The van der Waals surface area contributed by atoms with Crippen molar-refractivity contribution >= 4 is 11.8 Å². The van der Waals surface area contributed by atoms with Crippen LogP contribution in [0.1, 0.15) is 48.7 Å². The van der Waals surface area contributed by atoms with Crippen molar-refractivity contribution in [2.24, 2.45) is 0 Å². The lowest BCUT2D eigenvalue weighted by molar-refractivity contribution is -0.122. The van der Waals surface area contributed by atoms with Gasteiger partial charge in [-0.1, -0.05) is 6.92 Å². The Labute approximate surface area is 118 Å². The maximum absolute atomic E-state index is 12.3. The van der Waals surface area contributed by atoms with Gasteiger partial charge in [0.25, 0.3) is 5.91 Å². The molecule has 0 bridgehead atoms. The Hall–Kier alpha value is -1.85. The zero-order chi connectivity index (χ0) is 14.5. The molecule has 0 radical (unpaired) electrons. The first kappa shape index (κ1) is 14.6. The Morgan fingerprint density at radius 2 is 2.15 bits per heavy atom. The number of hydrogen-bond acceptors (Lipinski definition) is 3. The van der Waals surface area contributed by atoms with Crippen molar-refractivity contribution < 1.29 is 9.59 Å². The smallest absolute Gasteiger partial charge is 0.257 e. The van der Waals surface area contributed by atoms with Crippen LogP contribution in [-0.2, 0) is 4.79 Å². The lowest BCUT2D eigenvalue weighted by atomic mass is 10.0. The highest BCUT2D eigenvalue weighted by Gasteiger charge is 2.25. The van der Waals surface area contributed by atoms with E-state index in [2.05, 4.69) is 15.5 Å². The maximum Gasteiger partial charge on any atom is 0.257 e. The zero-order valence-electron chi connectivity index (χ0n) is 12.1. The predicted molar refractivity (Wildman–Crippen MR) is 75.3 cm³/mol. The van der Waals surface area contributed by atoms with Crippen molar-refractivity contribution in [2.45, 2.75) is 45.6 Å². The number of H-pyrrole nitrogens is 1. The number of hydrogen-bond donors (Lipinski definition) is 2. The average Bonchev–Trinajstić information content (AvgIpc) is 2.85. The van der Waals surface area contributed by atoms with Crippen LogP contribution in [0, 0.1) is 6.92 Å². The van der Waals surface area contributed by atoms with Crippen LogP contribution < -0.4 is 5.32 Å². The van der Waals surface area contributed by atoms with Gasteiger partial charge >= 0.3 is 0 Å². The molecule has 2 N–H and O–H groups in total. The van der Waals surface area contributed by atoms with E-state index in [9.17, 15) is 9.59 Å². The minimum atomic E-state index is 0.0228. The van der Waals surface area contributed by atoms with E-state index >= 15 is 0 Å². The van der Waals surface area contributed by atoms with E-state index in [0.717, 1.165) is 25.0 Å². The third kappa shape index (κ3) is 3.37. The molecule has 0 saturated carbocycles. The molecule has 20 heavy (non-hydrogen) atoms. The molecular weight excluding hydrogens is 256 g/mol. The highest BCUT2D eigenvalue weighted by atomic mass is 16.2. The van der Waals surface area contributed by atoms with E-state index in [4.69, 9.17) is 0 Å².